The number of rotatable bonds is 8. The number of hydrogen-bond acceptors (Lipinski definition) is 6. The van der Waals surface area contributed by atoms with Gasteiger partial charge >= 0.3 is 0 Å². The minimum absolute atomic E-state index is 0.256. The quantitative estimate of drug-likeness (QED) is 0.623. The monoisotopic (exact) mass is 481 g/mol. The van der Waals surface area contributed by atoms with E-state index in [0.29, 0.717) is 19.0 Å². The van der Waals surface area contributed by atoms with Gasteiger partial charge < -0.3 is 19.7 Å². The van der Waals surface area contributed by atoms with E-state index in [0.717, 1.165) is 34.9 Å². The average Bonchev–Trinajstić information content (AvgIpc) is 2.77. The number of anilines is 2. The van der Waals surface area contributed by atoms with Gasteiger partial charge in [0.05, 0.1) is 37.3 Å². The lowest BCUT2D eigenvalue weighted by atomic mass is 10.1. The third kappa shape index (κ3) is 5.85. The van der Waals surface area contributed by atoms with E-state index in [1.54, 1.807) is 12.1 Å². The van der Waals surface area contributed by atoms with Crippen molar-refractivity contribution in [1.29, 1.82) is 0 Å². The molecule has 1 aliphatic rings. The minimum Gasteiger partial charge on any atom is -0.495 e. The van der Waals surface area contributed by atoms with E-state index in [-0.39, 0.29) is 17.3 Å². The topological polar surface area (TPSA) is 88.2 Å². The summed E-state index contributed by atoms with van der Waals surface area (Å²) in [4.78, 5) is 15.1. The molecule has 2 aromatic rings. The second-order valence-electron chi connectivity index (χ2n) is 7.54. The summed E-state index contributed by atoms with van der Waals surface area (Å²) in [5, 5.41) is 3.08. The van der Waals surface area contributed by atoms with Gasteiger partial charge in [0.15, 0.2) is 0 Å². The van der Waals surface area contributed by atoms with Crippen molar-refractivity contribution in [3.8, 4) is 5.75 Å². The smallest absolute Gasteiger partial charge is 0.243 e. The zero-order chi connectivity index (χ0) is 23.3. The van der Waals surface area contributed by atoms with E-state index in [9.17, 15) is 13.2 Å². The number of nitrogens with one attached hydrogen (secondary N) is 1. The van der Waals surface area contributed by atoms with Gasteiger partial charge in [0.1, 0.15) is 11.8 Å². The highest BCUT2D eigenvalue weighted by Gasteiger charge is 2.29. The maximum absolute atomic E-state index is 12.8. The Morgan fingerprint density at radius 3 is 2.44 bits per heavy atom. The first kappa shape index (κ1) is 24.2. The maximum atomic E-state index is 12.8. The molecule has 2 aromatic carbocycles. The van der Waals surface area contributed by atoms with E-state index in [4.69, 9.17) is 21.1 Å². The zero-order valence-corrected chi connectivity index (χ0v) is 19.9. The van der Waals surface area contributed by atoms with Gasteiger partial charge in [-0.15, -0.1) is 0 Å². The highest BCUT2D eigenvalue weighted by atomic mass is 35.5. The number of amides is 1. The molecule has 174 valence electrons. The number of methoxy groups -OCH3 is 1. The minimum atomic E-state index is -3.74. The molecule has 0 saturated carbocycles. The number of nitrogens with zero attached hydrogens (tertiary/aromatic N) is 2. The van der Waals surface area contributed by atoms with E-state index >= 15 is 0 Å². The first-order valence-corrected chi connectivity index (χ1v) is 12.5. The number of morpholine rings is 1. The lowest BCUT2D eigenvalue weighted by molar-refractivity contribution is -0.122. The van der Waals surface area contributed by atoms with Gasteiger partial charge in [0, 0.05) is 25.3 Å². The second kappa shape index (κ2) is 10.4. The molecule has 1 amide bonds. The Balaban J connectivity index is 1.68. The van der Waals surface area contributed by atoms with Crippen molar-refractivity contribution in [1.82, 2.24) is 5.32 Å². The summed E-state index contributed by atoms with van der Waals surface area (Å²) < 4.78 is 36.5. The summed E-state index contributed by atoms with van der Waals surface area (Å²) >= 11 is 6.16. The maximum Gasteiger partial charge on any atom is 0.243 e. The van der Waals surface area contributed by atoms with Crippen LogP contribution in [0, 0.1) is 0 Å². The van der Waals surface area contributed by atoms with Gasteiger partial charge in [-0.2, -0.15) is 0 Å². The molecule has 1 N–H and O–H groups in total. The van der Waals surface area contributed by atoms with Crippen LogP contribution in [0.1, 0.15) is 12.5 Å². The number of halogens is 1. The van der Waals surface area contributed by atoms with Gasteiger partial charge in [-0.25, -0.2) is 8.42 Å². The Kier molecular flexibility index (Phi) is 7.86. The lowest BCUT2D eigenvalue weighted by Gasteiger charge is -2.29. The lowest BCUT2D eigenvalue weighted by Crippen LogP contribution is -2.47. The van der Waals surface area contributed by atoms with Crippen LogP contribution in [0.4, 0.5) is 11.4 Å². The van der Waals surface area contributed by atoms with Crippen molar-refractivity contribution in [2.45, 2.75) is 19.5 Å². The fourth-order valence-electron chi connectivity index (χ4n) is 3.58. The van der Waals surface area contributed by atoms with Crippen molar-refractivity contribution in [2.75, 3.05) is 48.9 Å². The van der Waals surface area contributed by atoms with Crippen LogP contribution in [0.15, 0.2) is 42.5 Å². The zero-order valence-electron chi connectivity index (χ0n) is 18.4. The van der Waals surface area contributed by atoms with Crippen molar-refractivity contribution >= 4 is 38.9 Å². The fraction of sp³-hybridized carbons (Fsp3) is 0.409. The predicted octanol–water partition coefficient (Wildman–Crippen LogP) is 2.66. The van der Waals surface area contributed by atoms with Crippen molar-refractivity contribution in [3.63, 3.8) is 0 Å². The number of sulfonamides is 1. The van der Waals surface area contributed by atoms with Crippen LogP contribution in [-0.4, -0.2) is 60.0 Å². The molecule has 0 spiro atoms. The number of carbonyl (C=O) groups excluding carboxylic acids is 1. The highest BCUT2D eigenvalue weighted by Crippen LogP contribution is 2.31. The average molecular weight is 482 g/mol. The molecule has 32 heavy (non-hydrogen) atoms. The molecule has 8 nitrogen and oxygen atoms in total. The standard InChI is InChI=1S/C22H28ClN3O5S/c1-16(26(32(3,28)29)19-8-9-21(30-2)20(23)14-19)22(27)24-15-17-4-6-18(7-5-17)25-10-12-31-13-11-25/h4-9,14,16H,10-13,15H2,1-3H3,(H,24,27)/t16-/m0/s1. The Bertz CT molecular complexity index is 1040. The Hall–Kier alpha value is -2.49. The molecule has 3 rings (SSSR count). The van der Waals surface area contributed by atoms with Crippen molar-refractivity contribution in [3.05, 3.63) is 53.1 Å². The third-order valence-electron chi connectivity index (χ3n) is 5.26. The first-order valence-electron chi connectivity index (χ1n) is 10.2. The Morgan fingerprint density at radius 2 is 1.88 bits per heavy atom. The fourth-order valence-corrected chi connectivity index (χ4v) is 5.00. The van der Waals surface area contributed by atoms with Crippen LogP contribution in [0.2, 0.25) is 5.02 Å². The summed E-state index contributed by atoms with van der Waals surface area (Å²) in [6.45, 7) is 4.95. The molecule has 0 aliphatic carbocycles. The van der Waals surface area contributed by atoms with Crippen LogP contribution < -0.4 is 19.3 Å². The van der Waals surface area contributed by atoms with E-state index in [2.05, 4.69) is 10.2 Å². The van der Waals surface area contributed by atoms with Gasteiger partial charge in [-0.05, 0) is 42.8 Å². The van der Waals surface area contributed by atoms with Crippen LogP contribution >= 0.6 is 11.6 Å². The van der Waals surface area contributed by atoms with Gasteiger partial charge in [-0.1, -0.05) is 23.7 Å². The van der Waals surface area contributed by atoms with E-state index in [1.807, 2.05) is 24.3 Å². The highest BCUT2D eigenvalue weighted by molar-refractivity contribution is 7.92. The van der Waals surface area contributed by atoms with E-state index < -0.39 is 22.0 Å². The summed E-state index contributed by atoms with van der Waals surface area (Å²) in [7, 11) is -2.27. The Morgan fingerprint density at radius 1 is 1.22 bits per heavy atom. The van der Waals surface area contributed by atoms with Crippen LogP contribution in [0.25, 0.3) is 0 Å². The van der Waals surface area contributed by atoms with Crippen LogP contribution in [-0.2, 0) is 26.1 Å². The number of benzene rings is 2. The molecular weight excluding hydrogens is 454 g/mol. The van der Waals surface area contributed by atoms with Gasteiger partial charge in [0.25, 0.3) is 0 Å². The van der Waals surface area contributed by atoms with Gasteiger partial charge in [-0.3, -0.25) is 9.10 Å². The summed E-state index contributed by atoms with van der Waals surface area (Å²) in [5.74, 6) is 0.00104. The van der Waals surface area contributed by atoms with E-state index in [1.165, 1.54) is 20.1 Å². The SMILES string of the molecule is COc1ccc(N([C@@H](C)C(=O)NCc2ccc(N3CCOCC3)cc2)S(C)(=O)=O)cc1Cl. The molecule has 1 aliphatic heterocycles. The third-order valence-corrected chi connectivity index (χ3v) is 6.79. The molecular formula is C22H28ClN3O5S. The molecule has 1 fully saturated rings. The Labute approximate surface area is 194 Å². The first-order chi connectivity index (χ1) is 15.2. The molecule has 0 unspecified atom stereocenters. The molecule has 0 aromatic heterocycles. The molecule has 0 radical (unpaired) electrons. The van der Waals surface area contributed by atoms with Crippen molar-refractivity contribution in [2.24, 2.45) is 0 Å². The molecule has 1 atom stereocenters. The molecule has 0 bridgehead atoms. The summed E-state index contributed by atoms with van der Waals surface area (Å²) in [6.07, 6.45) is 1.05. The largest absolute Gasteiger partial charge is 0.495 e. The normalized spacial score (nSPS) is 15.2. The van der Waals surface area contributed by atoms with Crippen molar-refractivity contribution < 1.29 is 22.7 Å². The number of carbonyl (C=O) groups is 1. The summed E-state index contributed by atoms with van der Waals surface area (Å²) in [5.41, 5.74) is 2.31. The molecule has 1 heterocycles. The van der Waals surface area contributed by atoms with Crippen LogP contribution in [0.5, 0.6) is 5.75 Å². The number of hydrogen-bond donors (Lipinski definition) is 1. The number of ether oxygens (including phenoxy) is 2. The van der Waals surface area contributed by atoms with Gasteiger partial charge in [0.2, 0.25) is 15.9 Å². The molecule has 1 saturated heterocycles. The second-order valence-corrected chi connectivity index (χ2v) is 9.80. The van der Waals surface area contributed by atoms with Crippen LogP contribution in [0.3, 0.4) is 0 Å². The molecule has 10 heteroatoms. The summed E-state index contributed by atoms with van der Waals surface area (Å²) in [6, 6.07) is 11.5. The predicted molar refractivity (Wildman–Crippen MR) is 126 cm³/mol.